The van der Waals surface area contributed by atoms with E-state index >= 15 is 4.79 Å². The first-order valence-electron chi connectivity index (χ1n) is 16.9. The van der Waals surface area contributed by atoms with E-state index in [0.29, 0.717) is 34.0 Å². The van der Waals surface area contributed by atoms with Gasteiger partial charge < -0.3 is 9.84 Å². The number of hydrogen-bond acceptors (Lipinski definition) is 6. The van der Waals surface area contributed by atoms with Crippen LogP contribution in [-0.2, 0) is 24.6 Å². The van der Waals surface area contributed by atoms with Gasteiger partial charge in [-0.25, -0.2) is 4.90 Å². The highest BCUT2D eigenvalue weighted by molar-refractivity contribution is 6.32. The van der Waals surface area contributed by atoms with E-state index in [1.807, 2.05) is 36.4 Å². The minimum absolute atomic E-state index is 0.0730. The van der Waals surface area contributed by atoms with E-state index in [1.165, 1.54) is 18.1 Å². The first-order valence-corrected chi connectivity index (χ1v) is 17.3. The van der Waals surface area contributed by atoms with Gasteiger partial charge in [-0.2, -0.15) is 0 Å². The fraction of sp³-hybridized carbons (Fsp3) is 0.385. The molecule has 2 aliphatic heterocycles. The molecule has 246 valence electrons. The van der Waals surface area contributed by atoms with Crippen LogP contribution in [0.25, 0.3) is 0 Å². The normalized spacial score (nSPS) is 30.2. The monoisotopic (exact) mass is 664 g/mol. The van der Waals surface area contributed by atoms with Crippen molar-refractivity contribution in [2.75, 3.05) is 12.0 Å². The number of carbonyl (C=O) groups excluding carboxylic acids is 4. The van der Waals surface area contributed by atoms with E-state index in [1.54, 1.807) is 41.3 Å². The second-order valence-electron chi connectivity index (χ2n) is 13.9. The number of phenols is 1. The molecular formula is C39H37ClN2O6. The van der Waals surface area contributed by atoms with Crippen LogP contribution in [0, 0.1) is 23.7 Å². The van der Waals surface area contributed by atoms with Crippen molar-refractivity contribution in [1.29, 1.82) is 0 Å². The predicted octanol–water partition coefficient (Wildman–Crippen LogP) is 6.55. The maximum Gasteiger partial charge on any atom is 0.246 e. The van der Waals surface area contributed by atoms with Gasteiger partial charge in [0.2, 0.25) is 23.6 Å². The van der Waals surface area contributed by atoms with Crippen LogP contribution in [0.15, 0.2) is 84.4 Å². The van der Waals surface area contributed by atoms with Gasteiger partial charge in [0.15, 0.2) is 0 Å². The average molecular weight is 665 g/mol. The highest BCUT2D eigenvalue weighted by Crippen LogP contribution is 2.65. The Kier molecular flexibility index (Phi) is 7.47. The molecule has 5 aliphatic rings. The lowest BCUT2D eigenvalue weighted by atomic mass is 9.49. The Balaban J connectivity index is 1.35. The molecule has 4 fully saturated rings. The number of likely N-dealkylation sites (tertiary alicyclic amines) is 1. The fourth-order valence-corrected chi connectivity index (χ4v) is 9.89. The molecule has 0 spiro atoms. The zero-order valence-electron chi connectivity index (χ0n) is 26.7. The molecule has 3 aromatic carbocycles. The minimum Gasteiger partial charge on any atom is -0.508 e. The van der Waals surface area contributed by atoms with Crippen molar-refractivity contribution in [2.24, 2.45) is 23.7 Å². The van der Waals surface area contributed by atoms with E-state index in [4.69, 9.17) is 16.3 Å². The molecule has 1 N–H and O–H groups in total. The number of fused-ring (bicyclic) bond motifs is 4. The molecule has 8 nitrogen and oxygen atoms in total. The number of allylic oxidation sites excluding steroid dienone is 2. The molecule has 2 saturated heterocycles. The molecular weight excluding hydrogens is 628 g/mol. The van der Waals surface area contributed by atoms with Crippen LogP contribution in [0.3, 0.4) is 0 Å². The quantitative estimate of drug-likeness (QED) is 0.245. The number of imide groups is 2. The maximum atomic E-state index is 15.3. The van der Waals surface area contributed by atoms with Crippen LogP contribution in [-0.4, -0.2) is 46.8 Å². The highest BCUT2D eigenvalue weighted by atomic mass is 35.5. The van der Waals surface area contributed by atoms with Crippen LogP contribution < -0.4 is 9.64 Å². The van der Waals surface area contributed by atoms with E-state index < -0.39 is 40.9 Å². The lowest BCUT2D eigenvalue weighted by molar-refractivity contribution is -0.143. The number of ether oxygens (including phenoxy) is 1. The number of nitrogens with zero attached hydrogens (tertiary/aromatic N) is 2. The van der Waals surface area contributed by atoms with Crippen molar-refractivity contribution in [3.63, 3.8) is 0 Å². The third kappa shape index (κ3) is 4.34. The summed E-state index contributed by atoms with van der Waals surface area (Å²) in [7, 11) is 1.51. The summed E-state index contributed by atoms with van der Waals surface area (Å²) < 4.78 is 5.41. The van der Waals surface area contributed by atoms with Gasteiger partial charge in [-0.3, -0.25) is 24.1 Å². The number of hydrogen-bond donors (Lipinski definition) is 1. The van der Waals surface area contributed by atoms with Crippen molar-refractivity contribution in [2.45, 2.75) is 62.3 Å². The summed E-state index contributed by atoms with van der Waals surface area (Å²) in [4.78, 5) is 61.3. The number of benzene rings is 3. The molecule has 2 saturated carbocycles. The van der Waals surface area contributed by atoms with Gasteiger partial charge in [-0.15, -0.1) is 0 Å². The maximum absolute atomic E-state index is 15.3. The van der Waals surface area contributed by atoms with Gasteiger partial charge in [-0.1, -0.05) is 85.0 Å². The number of phenolic OH excluding ortho intramolecular Hbond substituents is 1. The largest absolute Gasteiger partial charge is 0.508 e. The summed E-state index contributed by atoms with van der Waals surface area (Å²) in [6, 6.07) is 20.9. The van der Waals surface area contributed by atoms with Gasteiger partial charge >= 0.3 is 0 Å². The summed E-state index contributed by atoms with van der Waals surface area (Å²) in [6.07, 6.45) is 7.29. The number of rotatable bonds is 5. The number of halogens is 1. The minimum atomic E-state index is -1.45. The molecule has 6 atom stereocenters. The Morgan fingerprint density at radius 3 is 2.33 bits per heavy atom. The standard InChI is InChI=1S/C39H37ClN2O6/c1-48-26-15-16-28(32(43)20-26)34-27-17-18-29-33(37(46)41(35(29)44)24-12-6-3-7-13-24)30(27)21-31-36(45)42(25-14-8-11-23(40)19-25)38(47)39(31,34)22-9-4-2-5-10-22/h2,4-5,8-11,14-17,19-20,24,29-31,33-34,43H,3,6-7,12-13,18,21H2,1H3/t29-,30+,31-,33-,34+,39+/m0/s1. The van der Waals surface area contributed by atoms with Crippen LogP contribution in [0.2, 0.25) is 5.02 Å². The first kappa shape index (κ1) is 30.9. The molecule has 48 heavy (non-hydrogen) atoms. The Bertz CT molecular complexity index is 1870. The zero-order chi connectivity index (χ0) is 33.3. The Morgan fingerprint density at radius 2 is 1.62 bits per heavy atom. The molecule has 9 heteroatoms. The zero-order valence-corrected chi connectivity index (χ0v) is 27.4. The third-order valence-electron chi connectivity index (χ3n) is 11.7. The van der Waals surface area contributed by atoms with Gasteiger partial charge in [0.1, 0.15) is 11.5 Å². The predicted molar refractivity (Wildman–Crippen MR) is 179 cm³/mol. The molecule has 3 aromatic rings. The van der Waals surface area contributed by atoms with Gasteiger partial charge in [-0.05, 0) is 61.4 Å². The molecule has 2 heterocycles. The Labute approximate surface area is 284 Å². The number of anilines is 1. The number of carbonyl (C=O) groups is 4. The first-order chi connectivity index (χ1) is 23.3. The van der Waals surface area contributed by atoms with Crippen LogP contribution in [0.4, 0.5) is 5.69 Å². The highest BCUT2D eigenvalue weighted by Gasteiger charge is 2.70. The SMILES string of the molecule is COc1ccc([C@H]2C3=CC[C@@H]4C(=O)N(C5CCCCC5)C(=O)[C@@H]4[C@@H]3C[C@H]3C(=O)N(c4cccc(Cl)c4)C(=O)[C@@]23c2ccccc2)c(O)c1. The number of amides is 4. The van der Waals surface area contributed by atoms with Crippen LogP contribution in [0.1, 0.15) is 62.0 Å². The Hall–Kier alpha value is -4.43. The van der Waals surface area contributed by atoms with Gasteiger partial charge in [0, 0.05) is 28.6 Å². The molecule has 8 rings (SSSR count). The van der Waals surface area contributed by atoms with E-state index in [2.05, 4.69) is 0 Å². The van der Waals surface area contributed by atoms with Gasteiger partial charge in [0.05, 0.1) is 36.0 Å². The molecule has 0 bridgehead atoms. The number of aromatic hydroxyl groups is 1. The lowest BCUT2D eigenvalue weighted by Gasteiger charge is -2.50. The van der Waals surface area contributed by atoms with Crippen molar-refractivity contribution >= 4 is 40.9 Å². The van der Waals surface area contributed by atoms with Crippen molar-refractivity contribution in [3.05, 3.63) is 101 Å². The summed E-state index contributed by atoms with van der Waals surface area (Å²) >= 11 is 6.39. The molecule has 0 unspecified atom stereocenters. The van der Waals surface area contributed by atoms with Crippen LogP contribution in [0.5, 0.6) is 11.5 Å². The van der Waals surface area contributed by atoms with Crippen molar-refractivity contribution < 1.29 is 29.0 Å². The average Bonchev–Trinajstić information content (AvgIpc) is 3.49. The lowest BCUT2D eigenvalue weighted by Crippen LogP contribution is -2.53. The van der Waals surface area contributed by atoms with Crippen molar-refractivity contribution in [3.8, 4) is 11.5 Å². The van der Waals surface area contributed by atoms with E-state index in [9.17, 15) is 19.5 Å². The summed E-state index contributed by atoms with van der Waals surface area (Å²) in [5.41, 5.74) is 0.852. The molecule has 4 amide bonds. The van der Waals surface area contributed by atoms with E-state index in [-0.39, 0.29) is 35.9 Å². The smallest absolute Gasteiger partial charge is 0.246 e. The van der Waals surface area contributed by atoms with E-state index in [0.717, 1.165) is 37.7 Å². The summed E-state index contributed by atoms with van der Waals surface area (Å²) in [5.74, 6) is -4.02. The van der Waals surface area contributed by atoms with Crippen LogP contribution >= 0.6 is 11.6 Å². The fourth-order valence-electron chi connectivity index (χ4n) is 9.71. The third-order valence-corrected chi connectivity index (χ3v) is 11.9. The van der Waals surface area contributed by atoms with Crippen molar-refractivity contribution in [1.82, 2.24) is 4.90 Å². The molecule has 0 aromatic heterocycles. The second-order valence-corrected chi connectivity index (χ2v) is 14.3. The topological polar surface area (TPSA) is 104 Å². The molecule has 3 aliphatic carbocycles. The van der Waals surface area contributed by atoms with Gasteiger partial charge in [0.25, 0.3) is 0 Å². The summed E-state index contributed by atoms with van der Waals surface area (Å²) in [5, 5.41) is 12.0. The molecule has 0 radical (unpaired) electrons. The number of methoxy groups -OCH3 is 1. The second kappa shape index (κ2) is 11.6. The summed E-state index contributed by atoms with van der Waals surface area (Å²) in [6.45, 7) is 0. The Morgan fingerprint density at radius 1 is 0.854 bits per heavy atom.